The van der Waals surface area contributed by atoms with Gasteiger partial charge in [-0.25, -0.2) is 4.98 Å². The molecule has 4 heteroatoms. The van der Waals surface area contributed by atoms with Crippen molar-refractivity contribution in [2.24, 2.45) is 5.92 Å². The number of anilines is 2. The lowest BCUT2D eigenvalue weighted by atomic mass is 10.1. The van der Waals surface area contributed by atoms with E-state index in [1.165, 1.54) is 19.3 Å². The highest BCUT2D eigenvalue weighted by atomic mass is 16.5. The standard InChI is InChI=1S/C16H27N3O/c1-13(2)15(12-20-3)18-14-7-8-16(17-11-14)19-9-5-4-6-10-19/h7-8,11,13,15,18H,4-6,9-10,12H2,1-3H3. The second kappa shape index (κ2) is 7.48. The van der Waals surface area contributed by atoms with Crippen molar-refractivity contribution in [2.45, 2.75) is 39.2 Å². The Morgan fingerprint density at radius 2 is 2.00 bits per heavy atom. The number of hydrogen-bond donors (Lipinski definition) is 1. The summed E-state index contributed by atoms with van der Waals surface area (Å²) in [4.78, 5) is 6.97. The average molecular weight is 277 g/mol. The molecule has 4 nitrogen and oxygen atoms in total. The highest BCUT2D eigenvalue weighted by molar-refractivity contribution is 5.49. The minimum atomic E-state index is 0.322. The molecule has 112 valence electrons. The molecule has 1 N–H and O–H groups in total. The summed E-state index contributed by atoms with van der Waals surface area (Å²) >= 11 is 0. The Hall–Kier alpha value is -1.29. The molecule has 0 saturated carbocycles. The third-order valence-electron chi connectivity index (χ3n) is 3.93. The Kier molecular flexibility index (Phi) is 5.65. The lowest BCUT2D eigenvalue weighted by Gasteiger charge is -2.28. The quantitative estimate of drug-likeness (QED) is 0.866. The summed E-state index contributed by atoms with van der Waals surface area (Å²) in [6, 6.07) is 4.57. The van der Waals surface area contributed by atoms with Crippen LogP contribution in [0.15, 0.2) is 18.3 Å². The average Bonchev–Trinajstić information content (AvgIpc) is 2.48. The number of nitrogens with one attached hydrogen (secondary N) is 1. The zero-order valence-electron chi connectivity index (χ0n) is 12.9. The summed E-state index contributed by atoms with van der Waals surface area (Å²) in [7, 11) is 1.74. The molecule has 0 aromatic carbocycles. The van der Waals surface area contributed by atoms with Crippen LogP contribution < -0.4 is 10.2 Å². The van der Waals surface area contributed by atoms with Crippen LogP contribution in [0.2, 0.25) is 0 Å². The molecule has 1 aliphatic rings. The van der Waals surface area contributed by atoms with Crippen molar-refractivity contribution >= 4 is 11.5 Å². The largest absolute Gasteiger partial charge is 0.383 e. The number of hydrogen-bond acceptors (Lipinski definition) is 4. The van der Waals surface area contributed by atoms with Crippen molar-refractivity contribution in [2.75, 3.05) is 37.0 Å². The van der Waals surface area contributed by atoms with E-state index in [2.05, 4.69) is 41.2 Å². The van der Waals surface area contributed by atoms with Crippen LogP contribution >= 0.6 is 0 Å². The molecule has 1 unspecified atom stereocenters. The predicted octanol–water partition coefficient (Wildman–Crippen LogP) is 3.15. The summed E-state index contributed by atoms with van der Waals surface area (Å²) in [5.74, 6) is 1.62. The minimum absolute atomic E-state index is 0.322. The summed E-state index contributed by atoms with van der Waals surface area (Å²) in [6.45, 7) is 7.39. The van der Waals surface area contributed by atoms with Crippen LogP contribution in [0.3, 0.4) is 0 Å². The molecule has 1 aromatic heterocycles. The van der Waals surface area contributed by atoms with Crippen molar-refractivity contribution in [3.05, 3.63) is 18.3 Å². The Labute approximate surface area is 122 Å². The first kappa shape index (κ1) is 15.1. The monoisotopic (exact) mass is 277 g/mol. The molecular weight excluding hydrogens is 250 g/mol. The molecule has 1 fully saturated rings. The third-order valence-corrected chi connectivity index (χ3v) is 3.93. The number of ether oxygens (including phenoxy) is 1. The van der Waals surface area contributed by atoms with E-state index in [4.69, 9.17) is 4.74 Å². The number of aromatic nitrogens is 1. The molecule has 20 heavy (non-hydrogen) atoms. The van der Waals surface area contributed by atoms with Gasteiger partial charge in [0.1, 0.15) is 5.82 Å². The highest BCUT2D eigenvalue weighted by Gasteiger charge is 2.14. The molecule has 0 aliphatic carbocycles. The zero-order chi connectivity index (χ0) is 14.4. The van der Waals surface area contributed by atoms with Crippen LogP contribution in [0.5, 0.6) is 0 Å². The molecule has 1 aromatic rings. The summed E-state index contributed by atoms with van der Waals surface area (Å²) in [5.41, 5.74) is 1.07. The lowest BCUT2D eigenvalue weighted by Crippen LogP contribution is -2.31. The van der Waals surface area contributed by atoms with Gasteiger partial charge in [-0.3, -0.25) is 0 Å². The number of rotatable bonds is 6. The van der Waals surface area contributed by atoms with Gasteiger partial charge in [-0.1, -0.05) is 13.8 Å². The number of nitrogens with zero attached hydrogens (tertiary/aromatic N) is 2. The van der Waals surface area contributed by atoms with Gasteiger partial charge in [0, 0.05) is 20.2 Å². The Bertz CT molecular complexity index is 385. The first-order valence-electron chi connectivity index (χ1n) is 7.67. The molecule has 1 saturated heterocycles. The van der Waals surface area contributed by atoms with Crippen molar-refractivity contribution < 1.29 is 4.74 Å². The molecule has 0 radical (unpaired) electrons. The van der Waals surface area contributed by atoms with Crippen LogP contribution in [0, 0.1) is 5.92 Å². The van der Waals surface area contributed by atoms with E-state index in [1.54, 1.807) is 7.11 Å². The lowest BCUT2D eigenvalue weighted by molar-refractivity contribution is 0.171. The summed E-state index contributed by atoms with van der Waals surface area (Å²) in [5, 5.41) is 3.50. The van der Waals surface area contributed by atoms with Crippen molar-refractivity contribution in [3.63, 3.8) is 0 Å². The van der Waals surface area contributed by atoms with Gasteiger partial charge in [0.15, 0.2) is 0 Å². The molecule has 0 amide bonds. The topological polar surface area (TPSA) is 37.4 Å². The van der Waals surface area contributed by atoms with E-state index in [0.717, 1.165) is 24.6 Å². The second-order valence-electron chi connectivity index (χ2n) is 5.90. The van der Waals surface area contributed by atoms with Crippen LogP contribution in [0.25, 0.3) is 0 Å². The summed E-state index contributed by atoms with van der Waals surface area (Å²) in [6.07, 6.45) is 5.86. The van der Waals surface area contributed by atoms with Gasteiger partial charge in [0.2, 0.25) is 0 Å². The smallest absolute Gasteiger partial charge is 0.128 e. The number of pyridine rings is 1. The van der Waals surface area contributed by atoms with Gasteiger partial charge in [-0.15, -0.1) is 0 Å². The Morgan fingerprint density at radius 3 is 2.55 bits per heavy atom. The molecule has 2 heterocycles. The van der Waals surface area contributed by atoms with E-state index in [0.29, 0.717) is 18.6 Å². The van der Waals surface area contributed by atoms with Gasteiger partial charge in [-0.05, 0) is 37.3 Å². The molecule has 1 atom stereocenters. The van der Waals surface area contributed by atoms with Gasteiger partial charge in [0.25, 0.3) is 0 Å². The molecule has 1 aliphatic heterocycles. The van der Waals surface area contributed by atoms with Crippen LogP contribution in [-0.4, -0.2) is 37.8 Å². The van der Waals surface area contributed by atoms with E-state index < -0.39 is 0 Å². The van der Waals surface area contributed by atoms with E-state index in [-0.39, 0.29) is 0 Å². The molecule has 2 rings (SSSR count). The fraction of sp³-hybridized carbons (Fsp3) is 0.688. The highest BCUT2D eigenvalue weighted by Crippen LogP contribution is 2.20. The van der Waals surface area contributed by atoms with Gasteiger partial charge < -0.3 is 15.0 Å². The van der Waals surface area contributed by atoms with Gasteiger partial charge in [-0.2, -0.15) is 0 Å². The van der Waals surface area contributed by atoms with E-state index >= 15 is 0 Å². The van der Waals surface area contributed by atoms with Crippen LogP contribution in [0.4, 0.5) is 11.5 Å². The molecule has 0 bridgehead atoms. The number of piperidine rings is 1. The summed E-state index contributed by atoms with van der Waals surface area (Å²) < 4.78 is 5.27. The van der Waals surface area contributed by atoms with E-state index in [9.17, 15) is 0 Å². The zero-order valence-corrected chi connectivity index (χ0v) is 12.9. The first-order valence-corrected chi connectivity index (χ1v) is 7.67. The van der Waals surface area contributed by atoms with Crippen LogP contribution in [-0.2, 0) is 4.74 Å². The maximum atomic E-state index is 5.27. The minimum Gasteiger partial charge on any atom is -0.383 e. The SMILES string of the molecule is COCC(Nc1ccc(N2CCCCC2)nc1)C(C)C. The van der Waals surface area contributed by atoms with Crippen molar-refractivity contribution in [1.82, 2.24) is 4.98 Å². The molecule has 0 spiro atoms. The Morgan fingerprint density at radius 1 is 1.25 bits per heavy atom. The predicted molar refractivity (Wildman–Crippen MR) is 84.4 cm³/mol. The van der Waals surface area contributed by atoms with E-state index in [1.807, 2.05) is 6.20 Å². The molecular formula is C16H27N3O. The van der Waals surface area contributed by atoms with Crippen LogP contribution in [0.1, 0.15) is 33.1 Å². The fourth-order valence-corrected chi connectivity index (χ4v) is 2.58. The normalized spacial score (nSPS) is 17.3. The van der Waals surface area contributed by atoms with Crippen molar-refractivity contribution in [1.29, 1.82) is 0 Å². The number of methoxy groups -OCH3 is 1. The van der Waals surface area contributed by atoms with Crippen molar-refractivity contribution in [3.8, 4) is 0 Å². The maximum absolute atomic E-state index is 5.27. The Balaban J connectivity index is 1.96. The van der Waals surface area contributed by atoms with Gasteiger partial charge in [0.05, 0.1) is 24.5 Å². The second-order valence-corrected chi connectivity index (χ2v) is 5.90. The maximum Gasteiger partial charge on any atom is 0.128 e. The fourth-order valence-electron chi connectivity index (χ4n) is 2.58. The first-order chi connectivity index (χ1) is 9.70. The van der Waals surface area contributed by atoms with Gasteiger partial charge >= 0.3 is 0 Å². The third kappa shape index (κ3) is 4.10.